The molecule has 0 aliphatic carbocycles. The summed E-state index contributed by atoms with van der Waals surface area (Å²) in [5, 5.41) is 2.10. The molecule has 3 N–H and O–H groups in total. The van der Waals surface area contributed by atoms with Crippen LogP contribution in [0.25, 0.3) is 5.69 Å². The lowest BCUT2D eigenvalue weighted by Crippen LogP contribution is -2.32. The monoisotopic (exact) mass is 400 g/mol. The Labute approximate surface area is 168 Å². The molecule has 2 aliphatic rings. The highest BCUT2D eigenvalue weighted by atomic mass is 16.2. The summed E-state index contributed by atoms with van der Waals surface area (Å²) < 4.78 is 1.01. The number of amides is 4. The van der Waals surface area contributed by atoms with Gasteiger partial charge in [-0.1, -0.05) is 24.3 Å². The molecule has 4 amide bonds. The molecule has 0 bridgehead atoms. The van der Waals surface area contributed by atoms with E-state index in [0.29, 0.717) is 0 Å². The van der Waals surface area contributed by atoms with Crippen molar-refractivity contribution in [2.45, 2.75) is 0 Å². The average molecular weight is 400 g/mol. The van der Waals surface area contributed by atoms with E-state index in [-0.39, 0.29) is 39.4 Å². The Bertz CT molecular complexity index is 1350. The SMILES string of the molecule is Nc1c2c(cc(=O)n1-c1ccccc1N1C(=O)c3ccccc3C1=O)C(=O)NC2=O. The summed E-state index contributed by atoms with van der Waals surface area (Å²) in [6, 6.07) is 13.6. The average Bonchev–Trinajstić information content (AvgIpc) is 3.15. The Kier molecular flexibility index (Phi) is 3.50. The zero-order valence-electron chi connectivity index (χ0n) is 15.2. The summed E-state index contributed by atoms with van der Waals surface area (Å²) in [5.41, 5.74) is 5.93. The first kappa shape index (κ1) is 17.6. The van der Waals surface area contributed by atoms with Crippen LogP contribution in [0.15, 0.2) is 59.4 Å². The molecule has 146 valence electrons. The third kappa shape index (κ3) is 2.20. The zero-order valence-corrected chi connectivity index (χ0v) is 15.2. The highest BCUT2D eigenvalue weighted by molar-refractivity contribution is 6.35. The number of nitrogens with one attached hydrogen (secondary N) is 1. The van der Waals surface area contributed by atoms with Gasteiger partial charge in [-0.05, 0) is 24.3 Å². The van der Waals surface area contributed by atoms with Crippen molar-refractivity contribution >= 4 is 35.1 Å². The molecule has 2 aliphatic heterocycles. The number of nitrogens with zero attached hydrogens (tertiary/aromatic N) is 2. The van der Waals surface area contributed by atoms with Gasteiger partial charge in [0.25, 0.3) is 29.2 Å². The minimum atomic E-state index is -0.723. The number of hydrogen-bond acceptors (Lipinski definition) is 6. The van der Waals surface area contributed by atoms with Gasteiger partial charge in [0.1, 0.15) is 5.82 Å². The number of nitrogen functional groups attached to an aromatic ring is 1. The predicted molar refractivity (Wildman–Crippen MR) is 106 cm³/mol. The maximum atomic E-state index is 12.9. The van der Waals surface area contributed by atoms with Crippen molar-refractivity contribution in [3.63, 3.8) is 0 Å². The Hall–Kier alpha value is -4.53. The second kappa shape index (κ2) is 5.98. The number of anilines is 2. The van der Waals surface area contributed by atoms with Crippen molar-refractivity contribution in [1.29, 1.82) is 0 Å². The number of nitrogens with two attached hydrogens (primary N) is 1. The summed E-state index contributed by atoms with van der Waals surface area (Å²) in [4.78, 5) is 63.6. The van der Waals surface area contributed by atoms with Gasteiger partial charge in [0.15, 0.2) is 0 Å². The van der Waals surface area contributed by atoms with E-state index in [1.807, 2.05) is 0 Å². The van der Waals surface area contributed by atoms with Gasteiger partial charge in [-0.3, -0.25) is 33.9 Å². The molecule has 0 unspecified atom stereocenters. The number of para-hydroxylation sites is 2. The van der Waals surface area contributed by atoms with Gasteiger partial charge >= 0.3 is 0 Å². The first-order valence-electron chi connectivity index (χ1n) is 8.88. The van der Waals surface area contributed by atoms with Gasteiger partial charge in [-0.25, -0.2) is 4.90 Å². The summed E-state index contributed by atoms with van der Waals surface area (Å²) in [7, 11) is 0. The van der Waals surface area contributed by atoms with Gasteiger partial charge < -0.3 is 5.73 Å². The minimum Gasteiger partial charge on any atom is -0.384 e. The van der Waals surface area contributed by atoms with Crippen LogP contribution in [0.2, 0.25) is 0 Å². The first-order chi connectivity index (χ1) is 14.4. The Morgan fingerprint density at radius 3 is 1.90 bits per heavy atom. The summed E-state index contributed by atoms with van der Waals surface area (Å²) in [6.45, 7) is 0. The van der Waals surface area contributed by atoms with Crippen LogP contribution in [0.1, 0.15) is 41.4 Å². The molecule has 3 aromatic rings. The number of fused-ring (bicyclic) bond motifs is 2. The molecule has 0 saturated carbocycles. The molecule has 9 heteroatoms. The highest BCUT2D eigenvalue weighted by Gasteiger charge is 2.38. The van der Waals surface area contributed by atoms with Crippen molar-refractivity contribution in [3.8, 4) is 5.69 Å². The minimum absolute atomic E-state index is 0.114. The van der Waals surface area contributed by atoms with Crippen LogP contribution in [0, 0.1) is 0 Å². The number of imide groups is 2. The molecule has 0 fully saturated rings. The molecule has 3 heterocycles. The number of pyridine rings is 1. The number of hydrogen-bond donors (Lipinski definition) is 2. The molecule has 0 atom stereocenters. The standard InChI is InChI=1S/C21H12N4O5/c22-17-16-12(18(27)23-19(16)28)9-15(26)24(17)13-7-3-4-8-14(13)25-20(29)10-5-1-2-6-11(10)21(25)30/h1-9H,22H2,(H,23,27,28). The van der Waals surface area contributed by atoms with Crippen molar-refractivity contribution in [2.24, 2.45) is 0 Å². The van der Waals surface area contributed by atoms with E-state index < -0.39 is 29.2 Å². The van der Waals surface area contributed by atoms with Gasteiger partial charge in [0, 0.05) is 6.07 Å². The van der Waals surface area contributed by atoms with Crippen LogP contribution >= 0.6 is 0 Å². The summed E-state index contributed by atoms with van der Waals surface area (Å²) in [6.07, 6.45) is 0. The second-order valence-corrected chi connectivity index (χ2v) is 6.76. The smallest absolute Gasteiger partial charge is 0.266 e. The van der Waals surface area contributed by atoms with Crippen LogP contribution in [0.3, 0.4) is 0 Å². The fourth-order valence-corrected chi connectivity index (χ4v) is 3.78. The van der Waals surface area contributed by atoms with Crippen LogP contribution < -0.4 is 21.5 Å². The van der Waals surface area contributed by atoms with Gasteiger partial charge in [0.2, 0.25) is 0 Å². The van der Waals surface area contributed by atoms with E-state index in [9.17, 15) is 24.0 Å². The quantitative estimate of drug-likeness (QED) is 0.620. The number of benzene rings is 2. The normalized spacial score (nSPS) is 14.7. The lowest BCUT2D eigenvalue weighted by molar-refractivity contribution is 0.0874. The van der Waals surface area contributed by atoms with E-state index in [2.05, 4.69) is 5.32 Å². The fourth-order valence-electron chi connectivity index (χ4n) is 3.78. The largest absolute Gasteiger partial charge is 0.384 e. The molecular formula is C21H12N4O5. The highest BCUT2D eigenvalue weighted by Crippen LogP contribution is 2.33. The Morgan fingerprint density at radius 2 is 1.27 bits per heavy atom. The summed E-state index contributed by atoms with van der Waals surface area (Å²) >= 11 is 0. The Morgan fingerprint density at radius 1 is 0.700 bits per heavy atom. The summed E-state index contributed by atoms with van der Waals surface area (Å²) in [5.74, 6) is -2.77. The van der Waals surface area contributed by atoms with Crippen LogP contribution in [0.4, 0.5) is 11.5 Å². The molecular weight excluding hydrogens is 388 g/mol. The third-order valence-corrected chi connectivity index (χ3v) is 5.11. The van der Waals surface area contributed by atoms with Crippen LogP contribution in [0.5, 0.6) is 0 Å². The second-order valence-electron chi connectivity index (χ2n) is 6.76. The van der Waals surface area contributed by atoms with Crippen molar-refractivity contribution in [1.82, 2.24) is 9.88 Å². The van der Waals surface area contributed by atoms with E-state index in [1.165, 1.54) is 12.1 Å². The molecule has 30 heavy (non-hydrogen) atoms. The van der Waals surface area contributed by atoms with Gasteiger partial charge in [-0.2, -0.15) is 0 Å². The zero-order chi connectivity index (χ0) is 21.2. The van der Waals surface area contributed by atoms with Crippen LogP contribution in [-0.2, 0) is 0 Å². The maximum absolute atomic E-state index is 12.9. The van der Waals surface area contributed by atoms with Crippen molar-refractivity contribution in [2.75, 3.05) is 10.6 Å². The maximum Gasteiger partial charge on any atom is 0.266 e. The number of aromatic nitrogens is 1. The van der Waals surface area contributed by atoms with Crippen molar-refractivity contribution in [3.05, 3.63) is 87.2 Å². The number of rotatable bonds is 2. The molecule has 2 aromatic carbocycles. The molecule has 5 rings (SSSR count). The van der Waals surface area contributed by atoms with Gasteiger partial charge in [0.05, 0.1) is 33.6 Å². The molecule has 0 radical (unpaired) electrons. The first-order valence-corrected chi connectivity index (χ1v) is 8.88. The van der Waals surface area contributed by atoms with E-state index in [0.717, 1.165) is 15.5 Å². The lowest BCUT2D eigenvalue weighted by atomic mass is 10.1. The number of carbonyl (C=O) groups excluding carboxylic acids is 4. The van der Waals surface area contributed by atoms with Crippen molar-refractivity contribution < 1.29 is 19.2 Å². The van der Waals surface area contributed by atoms with E-state index in [1.54, 1.807) is 36.4 Å². The molecule has 9 nitrogen and oxygen atoms in total. The van der Waals surface area contributed by atoms with E-state index in [4.69, 9.17) is 5.73 Å². The van der Waals surface area contributed by atoms with E-state index >= 15 is 0 Å². The molecule has 0 saturated heterocycles. The third-order valence-electron chi connectivity index (χ3n) is 5.11. The Balaban J connectivity index is 1.75. The predicted octanol–water partition coefficient (Wildman–Crippen LogP) is 1.10. The fraction of sp³-hybridized carbons (Fsp3) is 0. The lowest BCUT2D eigenvalue weighted by Gasteiger charge is -2.20. The topological polar surface area (TPSA) is 132 Å². The molecule has 1 aromatic heterocycles. The van der Waals surface area contributed by atoms with Crippen LogP contribution in [-0.4, -0.2) is 28.2 Å². The number of carbonyl (C=O) groups is 4. The van der Waals surface area contributed by atoms with Gasteiger partial charge in [-0.15, -0.1) is 0 Å². The molecule has 0 spiro atoms.